The lowest BCUT2D eigenvalue weighted by atomic mass is 10.2. The summed E-state index contributed by atoms with van der Waals surface area (Å²) in [6, 6.07) is 0. The molecule has 0 aromatic carbocycles. The number of carboxylic acids is 1. The van der Waals surface area contributed by atoms with Gasteiger partial charge in [-0.1, -0.05) is 13.8 Å². The van der Waals surface area contributed by atoms with Gasteiger partial charge in [-0.25, -0.2) is 0 Å². The second-order valence-electron chi connectivity index (χ2n) is 4.66. The van der Waals surface area contributed by atoms with E-state index in [4.69, 9.17) is 5.11 Å². The molecule has 0 saturated heterocycles. The smallest absolute Gasteiger partial charge is 0.108 e. The van der Waals surface area contributed by atoms with E-state index in [2.05, 4.69) is 19.2 Å². The molecule has 0 aliphatic rings. The lowest BCUT2D eigenvalue weighted by Crippen LogP contribution is -2.43. The van der Waals surface area contributed by atoms with Crippen LogP contribution in [-0.4, -0.2) is 62.4 Å². The van der Waals surface area contributed by atoms with Gasteiger partial charge in [0.15, 0.2) is 0 Å². The highest BCUT2D eigenvalue weighted by Gasteiger charge is 2.14. The van der Waals surface area contributed by atoms with E-state index in [-0.39, 0.29) is 6.42 Å². The lowest BCUT2D eigenvalue weighted by molar-refractivity contribution is -0.873. The molecule has 0 fully saturated rings. The number of nitrogens with one attached hydrogen (secondary N) is 1. The third-order valence-corrected chi connectivity index (χ3v) is 1.66. The van der Waals surface area contributed by atoms with E-state index < -0.39 is 12.1 Å². The standard InChI is InChI=1S/C7H15NO3.C4H11N/c1-8(2,3)5-6(9)4-7(10)11;1-3-5-4-2/h6,9H,4-5H2,1-3H3;5H,3-4H2,1-2H3/t6-;/m1./s1. The first-order chi connectivity index (χ1) is 7.22. The monoisotopic (exact) mass is 234 g/mol. The minimum absolute atomic E-state index is 0.282. The third kappa shape index (κ3) is 19.0. The molecule has 0 aromatic heterocycles. The summed E-state index contributed by atoms with van der Waals surface area (Å²) in [5, 5.41) is 22.2. The molecule has 0 aromatic rings. The highest BCUT2D eigenvalue weighted by molar-refractivity contribution is 5.64. The molecule has 0 spiro atoms. The fourth-order valence-electron chi connectivity index (χ4n) is 1.14. The van der Waals surface area contributed by atoms with Crippen LogP contribution < -0.4 is 10.4 Å². The van der Waals surface area contributed by atoms with Gasteiger partial charge in [-0.2, -0.15) is 0 Å². The van der Waals surface area contributed by atoms with Gasteiger partial charge in [0, 0.05) is 12.4 Å². The molecular formula is C11H26N2O3. The molecule has 0 unspecified atom stereocenters. The number of aliphatic carboxylic acids is 1. The molecule has 0 radical (unpaired) electrons. The van der Waals surface area contributed by atoms with Gasteiger partial charge in [-0.15, -0.1) is 0 Å². The Balaban J connectivity index is 0. The summed E-state index contributed by atoms with van der Waals surface area (Å²) in [4.78, 5) is 10.0. The van der Waals surface area contributed by atoms with Gasteiger partial charge < -0.3 is 24.8 Å². The van der Waals surface area contributed by atoms with Gasteiger partial charge in [0.2, 0.25) is 0 Å². The largest absolute Gasteiger partial charge is 0.550 e. The molecule has 1 atom stereocenters. The quantitative estimate of drug-likeness (QED) is 0.567. The highest BCUT2D eigenvalue weighted by atomic mass is 16.4. The number of aliphatic hydroxyl groups is 1. The van der Waals surface area contributed by atoms with Crippen LogP contribution in [0.15, 0.2) is 0 Å². The maximum Gasteiger partial charge on any atom is 0.108 e. The summed E-state index contributed by atoms with van der Waals surface area (Å²) in [6.45, 7) is 6.81. The van der Waals surface area contributed by atoms with Crippen LogP contribution in [-0.2, 0) is 4.79 Å². The molecule has 98 valence electrons. The van der Waals surface area contributed by atoms with Crippen LogP contribution in [0.2, 0.25) is 0 Å². The topological polar surface area (TPSA) is 72.4 Å². The number of rotatable bonds is 6. The molecule has 5 nitrogen and oxygen atoms in total. The van der Waals surface area contributed by atoms with Crippen molar-refractivity contribution in [3.63, 3.8) is 0 Å². The van der Waals surface area contributed by atoms with Crippen molar-refractivity contribution < 1.29 is 19.5 Å². The van der Waals surface area contributed by atoms with Gasteiger partial charge in [-0.05, 0) is 13.1 Å². The molecule has 16 heavy (non-hydrogen) atoms. The van der Waals surface area contributed by atoms with Crippen molar-refractivity contribution in [2.75, 3.05) is 40.8 Å². The van der Waals surface area contributed by atoms with Gasteiger partial charge in [0.05, 0.1) is 21.1 Å². The number of carbonyl (C=O) groups excluding carboxylic acids is 1. The summed E-state index contributed by atoms with van der Waals surface area (Å²) in [5.41, 5.74) is 0. The lowest BCUT2D eigenvalue weighted by Gasteiger charge is -2.26. The molecule has 0 aliphatic carbocycles. The van der Waals surface area contributed by atoms with Gasteiger partial charge in [-0.3, -0.25) is 0 Å². The van der Waals surface area contributed by atoms with E-state index in [0.717, 1.165) is 13.1 Å². The van der Waals surface area contributed by atoms with Crippen molar-refractivity contribution in [1.82, 2.24) is 5.32 Å². The molecule has 0 bridgehead atoms. The first-order valence-electron chi connectivity index (χ1n) is 5.62. The van der Waals surface area contributed by atoms with Crippen molar-refractivity contribution in [2.45, 2.75) is 26.4 Å². The van der Waals surface area contributed by atoms with Crippen LogP contribution in [0, 0.1) is 0 Å². The number of hydrogen-bond donors (Lipinski definition) is 2. The predicted octanol–water partition coefficient (Wildman–Crippen LogP) is -1.19. The molecule has 0 heterocycles. The Bertz CT molecular complexity index is 177. The summed E-state index contributed by atoms with van der Waals surface area (Å²) in [7, 11) is 5.66. The van der Waals surface area contributed by atoms with Gasteiger partial charge in [0.1, 0.15) is 12.6 Å². The van der Waals surface area contributed by atoms with Crippen LogP contribution >= 0.6 is 0 Å². The average molecular weight is 234 g/mol. The Morgan fingerprint density at radius 3 is 1.94 bits per heavy atom. The number of likely N-dealkylation sites (N-methyl/N-ethyl adjacent to an activating group) is 1. The zero-order valence-corrected chi connectivity index (χ0v) is 11.1. The molecule has 0 saturated carbocycles. The minimum Gasteiger partial charge on any atom is -0.550 e. The number of carbonyl (C=O) groups is 1. The van der Waals surface area contributed by atoms with Crippen molar-refractivity contribution >= 4 is 5.97 Å². The molecular weight excluding hydrogens is 208 g/mol. The van der Waals surface area contributed by atoms with Crippen LogP contribution in [0.3, 0.4) is 0 Å². The first kappa shape index (κ1) is 17.7. The Labute approximate surface area is 98.7 Å². The van der Waals surface area contributed by atoms with Crippen LogP contribution in [0.1, 0.15) is 20.3 Å². The van der Waals surface area contributed by atoms with Crippen LogP contribution in [0.5, 0.6) is 0 Å². The fourth-order valence-corrected chi connectivity index (χ4v) is 1.14. The Hall–Kier alpha value is -0.650. The normalized spacial score (nSPS) is 12.6. The van der Waals surface area contributed by atoms with Crippen LogP contribution in [0.4, 0.5) is 0 Å². The van der Waals surface area contributed by atoms with E-state index >= 15 is 0 Å². The van der Waals surface area contributed by atoms with E-state index in [9.17, 15) is 9.90 Å². The summed E-state index contributed by atoms with van der Waals surface area (Å²) in [6.07, 6.45) is -1.09. The number of carboxylic acid groups (broad SMARTS) is 1. The van der Waals surface area contributed by atoms with E-state index in [1.165, 1.54) is 0 Å². The number of quaternary nitrogens is 1. The zero-order valence-electron chi connectivity index (χ0n) is 11.1. The average Bonchev–Trinajstić information content (AvgIpc) is 2.00. The molecule has 2 N–H and O–H groups in total. The Kier molecular flexibility index (Phi) is 10.6. The first-order valence-corrected chi connectivity index (χ1v) is 5.62. The maximum absolute atomic E-state index is 10.0. The van der Waals surface area contributed by atoms with E-state index in [0.29, 0.717) is 11.0 Å². The van der Waals surface area contributed by atoms with Gasteiger partial charge in [0.25, 0.3) is 0 Å². The second kappa shape index (κ2) is 9.57. The minimum atomic E-state index is -1.20. The van der Waals surface area contributed by atoms with Crippen molar-refractivity contribution in [3.8, 4) is 0 Å². The van der Waals surface area contributed by atoms with E-state index in [1.807, 2.05) is 21.1 Å². The zero-order chi connectivity index (χ0) is 13.2. The number of aliphatic hydroxyl groups excluding tert-OH is 1. The summed E-state index contributed by atoms with van der Waals surface area (Å²) < 4.78 is 0.550. The SMILES string of the molecule is CCNCC.C[N+](C)(C)C[C@H](O)CC(=O)[O-]. The summed E-state index contributed by atoms with van der Waals surface area (Å²) >= 11 is 0. The predicted molar refractivity (Wildman–Crippen MR) is 62.7 cm³/mol. The van der Waals surface area contributed by atoms with Crippen molar-refractivity contribution in [3.05, 3.63) is 0 Å². The molecule has 0 amide bonds. The Morgan fingerprint density at radius 2 is 1.75 bits per heavy atom. The van der Waals surface area contributed by atoms with Crippen LogP contribution in [0.25, 0.3) is 0 Å². The fraction of sp³-hybridized carbons (Fsp3) is 0.909. The highest BCUT2D eigenvalue weighted by Crippen LogP contribution is 1.97. The van der Waals surface area contributed by atoms with Crippen molar-refractivity contribution in [2.24, 2.45) is 0 Å². The number of hydrogen-bond acceptors (Lipinski definition) is 4. The molecule has 0 aliphatic heterocycles. The Morgan fingerprint density at radius 1 is 1.31 bits per heavy atom. The number of nitrogens with zero attached hydrogens (tertiary/aromatic N) is 1. The van der Waals surface area contributed by atoms with E-state index in [1.54, 1.807) is 0 Å². The third-order valence-electron chi connectivity index (χ3n) is 1.66. The van der Waals surface area contributed by atoms with Gasteiger partial charge >= 0.3 is 0 Å². The maximum atomic E-state index is 10.0. The molecule has 5 heteroatoms. The summed E-state index contributed by atoms with van der Waals surface area (Å²) in [5.74, 6) is -1.20. The molecule has 0 rings (SSSR count). The van der Waals surface area contributed by atoms with Crippen molar-refractivity contribution in [1.29, 1.82) is 0 Å². The second-order valence-corrected chi connectivity index (χ2v) is 4.66.